The molecule has 0 unspecified atom stereocenters. The van der Waals surface area contributed by atoms with Crippen LogP contribution in [0.5, 0.6) is 0 Å². The molecule has 2 N–H and O–H groups in total. The van der Waals surface area contributed by atoms with Crippen molar-refractivity contribution in [3.05, 3.63) is 0 Å². The third-order valence-electron chi connectivity index (χ3n) is 3.35. The van der Waals surface area contributed by atoms with E-state index in [2.05, 4.69) is 0 Å². The Morgan fingerprint density at radius 1 is 1.35 bits per heavy atom. The van der Waals surface area contributed by atoms with Gasteiger partial charge in [-0.25, -0.2) is 0 Å². The number of carbonyl (C=O) groups is 2. The Morgan fingerprint density at radius 3 is 2.29 bits per heavy atom. The van der Waals surface area contributed by atoms with E-state index in [4.69, 9.17) is 5.73 Å². The number of nitrogens with two attached hydrogens (primary N) is 1. The molecule has 0 bridgehead atoms. The number of hydrogen-bond acceptors (Lipinski definition) is 3. The minimum absolute atomic E-state index is 0.0169. The molecule has 1 fully saturated rings. The van der Waals surface area contributed by atoms with Crippen LogP contribution in [-0.2, 0) is 9.59 Å². The van der Waals surface area contributed by atoms with Crippen molar-refractivity contribution < 1.29 is 9.59 Å². The van der Waals surface area contributed by atoms with Crippen LogP contribution in [0.2, 0.25) is 0 Å². The number of piperidine rings is 1. The van der Waals surface area contributed by atoms with Crippen LogP contribution < -0.4 is 5.73 Å². The molecule has 0 aliphatic carbocycles. The first-order valence-corrected chi connectivity index (χ1v) is 6.22. The van der Waals surface area contributed by atoms with Gasteiger partial charge in [0.25, 0.3) is 0 Å². The molecule has 1 aliphatic heterocycles. The summed E-state index contributed by atoms with van der Waals surface area (Å²) in [5.74, 6) is 0.243. The topological polar surface area (TPSA) is 66.6 Å². The summed E-state index contributed by atoms with van der Waals surface area (Å²) in [6.07, 6.45) is 2.16. The Morgan fingerprint density at radius 2 is 1.88 bits per heavy atom. The largest absolute Gasteiger partial charge is 0.349 e. The summed E-state index contributed by atoms with van der Waals surface area (Å²) in [6.45, 7) is 3.21. The van der Waals surface area contributed by atoms with E-state index in [1.54, 1.807) is 23.9 Å². The van der Waals surface area contributed by atoms with Crippen LogP contribution in [0.3, 0.4) is 0 Å². The first-order valence-electron chi connectivity index (χ1n) is 6.22. The quantitative estimate of drug-likeness (QED) is 0.759. The lowest BCUT2D eigenvalue weighted by molar-refractivity contribution is -0.139. The van der Waals surface area contributed by atoms with E-state index in [-0.39, 0.29) is 17.7 Å². The van der Waals surface area contributed by atoms with Gasteiger partial charge in [-0.3, -0.25) is 9.59 Å². The highest BCUT2D eigenvalue weighted by Gasteiger charge is 2.29. The highest BCUT2D eigenvalue weighted by Crippen LogP contribution is 2.19. The average molecular weight is 241 g/mol. The van der Waals surface area contributed by atoms with E-state index in [9.17, 15) is 9.59 Å². The molecule has 0 aromatic rings. The third-order valence-corrected chi connectivity index (χ3v) is 3.35. The van der Waals surface area contributed by atoms with E-state index >= 15 is 0 Å². The molecule has 2 amide bonds. The van der Waals surface area contributed by atoms with Crippen LogP contribution in [0.4, 0.5) is 0 Å². The van der Waals surface area contributed by atoms with E-state index in [0.717, 1.165) is 12.8 Å². The number of likely N-dealkylation sites (tertiary alicyclic amines) is 1. The lowest BCUT2D eigenvalue weighted by Crippen LogP contribution is -2.48. The molecule has 1 rings (SSSR count). The summed E-state index contributed by atoms with van der Waals surface area (Å²) < 4.78 is 0. The van der Waals surface area contributed by atoms with Gasteiger partial charge in [-0.1, -0.05) is 6.92 Å². The molecule has 1 saturated heterocycles. The zero-order valence-corrected chi connectivity index (χ0v) is 11.0. The minimum atomic E-state index is -0.392. The normalized spacial score (nSPS) is 18.9. The summed E-state index contributed by atoms with van der Waals surface area (Å²) in [7, 11) is 3.54. The average Bonchev–Trinajstić information content (AvgIpc) is 2.36. The highest BCUT2D eigenvalue weighted by atomic mass is 16.2. The van der Waals surface area contributed by atoms with Crippen molar-refractivity contribution in [1.29, 1.82) is 0 Å². The van der Waals surface area contributed by atoms with Crippen molar-refractivity contribution in [2.24, 2.45) is 11.7 Å². The number of hydrogen-bond donors (Lipinski definition) is 1. The molecule has 0 spiro atoms. The molecule has 5 heteroatoms. The van der Waals surface area contributed by atoms with Gasteiger partial charge in [-0.2, -0.15) is 0 Å². The predicted molar refractivity (Wildman–Crippen MR) is 66.3 cm³/mol. The fraction of sp³-hybridized carbons (Fsp3) is 0.833. The van der Waals surface area contributed by atoms with Gasteiger partial charge in [0.05, 0.1) is 6.04 Å². The molecule has 0 aromatic carbocycles. The maximum Gasteiger partial charge on any atom is 0.239 e. The monoisotopic (exact) mass is 241 g/mol. The fourth-order valence-corrected chi connectivity index (χ4v) is 2.12. The van der Waals surface area contributed by atoms with Gasteiger partial charge in [0, 0.05) is 33.1 Å². The van der Waals surface area contributed by atoms with Crippen LogP contribution in [0.25, 0.3) is 0 Å². The number of nitrogens with zero attached hydrogens (tertiary/aromatic N) is 2. The molecule has 1 heterocycles. The van der Waals surface area contributed by atoms with E-state index in [1.165, 1.54) is 0 Å². The van der Waals surface area contributed by atoms with Crippen LogP contribution in [0.15, 0.2) is 0 Å². The van der Waals surface area contributed by atoms with Crippen molar-refractivity contribution in [2.45, 2.75) is 32.2 Å². The van der Waals surface area contributed by atoms with Gasteiger partial charge in [0.1, 0.15) is 0 Å². The summed E-state index contributed by atoms with van der Waals surface area (Å²) >= 11 is 0. The summed E-state index contributed by atoms with van der Waals surface area (Å²) in [5.41, 5.74) is 5.72. The molecular formula is C12H23N3O2. The Balaban J connectivity index is 2.46. The Bertz CT molecular complexity index is 283. The highest BCUT2D eigenvalue weighted by molar-refractivity contribution is 5.82. The maximum absolute atomic E-state index is 11.8. The molecule has 17 heavy (non-hydrogen) atoms. The first kappa shape index (κ1) is 14.0. The predicted octanol–water partition coefficient (Wildman–Crippen LogP) is 0.0505. The van der Waals surface area contributed by atoms with Crippen molar-refractivity contribution in [1.82, 2.24) is 9.80 Å². The molecule has 0 radical (unpaired) electrons. The number of rotatable bonds is 3. The Hall–Kier alpha value is -1.10. The van der Waals surface area contributed by atoms with Crippen LogP contribution in [-0.4, -0.2) is 54.8 Å². The van der Waals surface area contributed by atoms with Gasteiger partial charge in [-0.15, -0.1) is 0 Å². The molecule has 5 nitrogen and oxygen atoms in total. The Kier molecular flexibility index (Phi) is 4.93. The fourth-order valence-electron chi connectivity index (χ4n) is 2.12. The van der Waals surface area contributed by atoms with Gasteiger partial charge in [0.15, 0.2) is 0 Å². The number of amides is 2. The maximum atomic E-state index is 11.8. The smallest absolute Gasteiger partial charge is 0.239 e. The van der Waals surface area contributed by atoms with Gasteiger partial charge >= 0.3 is 0 Å². The summed E-state index contributed by atoms with van der Waals surface area (Å²) in [5, 5.41) is 0. The van der Waals surface area contributed by atoms with Crippen molar-refractivity contribution in [3.8, 4) is 0 Å². The van der Waals surface area contributed by atoms with E-state index in [1.807, 2.05) is 6.92 Å². The van der Waals surface area contributed by atoms with Gasteiger partial charge in [-0.05, 0) is 19.3 Å². The standard InChI is InChI=1S/C12H23N3O2/c1-4-10(13)12(17)15-7-5-9(6-8-15)11(16)14(2)3/h9-10H,4-8,13H2,1-3H3/t10-/m1/s1. The van der Waals surface area contributed by atoms with Crippen molar-refractivity contribution in [2.75, 3.05) is 27.2 Å². The van der Waals surface area contributed by atoms with Crippen LogP contribution >= 0.6 is 0 Å². The first-order chi connectivity index (χ1) is 7.97. The minimum Gasteiger partial charge on any atom is -0.349 e. The van der Waals surface area contributed by atoms with Crippen molar-refractivity contribution in [3.63, 3.8) is 0 Å². The molecule has 98 valence electrons. The second-order valence-corrected chi connectivity index (χ2v) is 4.85. The van der Waals surface area contributed by atoms with E-state index < -0.39 is 6.04 Å². The molecule has 0 aromatic heterocycles. The lowest BCUT2D eigenvalue weighted by Gasteiger charge is -2.33. The summed E-state index contributed by atoms with van der Waals surface area (Å²) in [6, 6.07) is -0.392. The SMILES string of the molecule is CC[C@@H](N)C(=O)N1CCC(C(=O)N(C)C)CC1. The zero-order chi connectivity index (χ0) is 13.0. The molecule has 1 atom stereocenters. The van der Waals surface area contributed by atoms with E-state index in [0.29, 0.717) is 19.5 Å². The number of carbonyl (C=O) groups excluding carboxylic acids is 2. The molecule has 1 aliphatic rings. The Labute approximate surface area is 103 Å². The summed E-state index contributed by atoms with van der Waals surface area (Å²) in [4.78, 5) is 27.0. The van der Waals surface area contributed by atoms with Gasteiger partial charge < -0.3 is 15.5 Å². The van der Waals surface area contributed by atoms with Crippen molar-refractivity contribution >= 4 is 11.8 Å². The second kappa shape index (κ2) is 6.00. The molecule has 0 saturated carbocycles. The lowest BCUT2D eigenvalue weighted by atomic mass is 9.95. The van der Waals surface area contributed by atoms with Crippen LogP contribution in [0.1, 0.15) is 26.2 Å². The third kappa shape index (κ3) is 3.43. The molecular weight excluding hydrogens is 218 g/mol. The van der Waals surface area contributed by atoms with Crippen LogP contribution in [0, 0.1) is 5.92 Å². The zero-order valence-electron chi connectivity index (χ0n) is 11.0. The van der Waals surface area contributed by atoms with Gasteiger partial charge in [0.2, 0.25) is 11.8 Å². The second-order valence-electron chi connectivity index (χ2n) is 4.85.